The molecule has 2 bridgehead atoms. The molecule has 4 heterocycles. The number of piperidine rings is 3. The Bertz CT molecular complexity index is 1220. The highest BCUT2D eigenvalue weighted by Gasteiger charge is 2.50. The molecule has 2 N–H and O–H groups in total. The number of aryl methyl sites for hydroxylation is 1. The van der Waals surface area contributed by atoms with Crippen molar-refractivity contribution in [2.75, 3.05) is 32.7 Å². The minimum atomic E-state index is -1.87. The zero-order chi connectivity index (χ0) is 26.6. The lowest BCUT2D eigenvalue weighted by molar-refractivity contribution is -0.946. The molecule has 3 aromatic rings. The average molecular weight is 515 g/mol. The van der Waals surface area contributed by atoms with Gasteiger partial charge in [0.2, 0.25) is 5.60 Å². The summed E-state index contributed by atoms with van der Waals surface area (Å²) in [6, 6.07) is 21.6. The van der Waals surface area contributed by atoms with E-state index in [-0.39, 0.29) is 12.0 Å². The van der Waals surface area contributed by atoms with E-state index in [2.05, 4.69) is 10.3 Å². The first-order valence-corrected chi connectivity index (χ1v) is 13.5. The summed E-state index contributed by atoms with van der Waals surface area (Å²) in [5.41, 5.74) is 0.464. The van der Waals surface area contributed by atoms with Crippen molar-refractivity contribution in [2.45, 2.75) is 37.9 Å². The number of hydrogen-bond donors (Lipinski definition) is 2. The average Bonchev–Trinajstić information content (AvgIpc) is 2.96. The van der Waals surface area contributed by atoms with Crippen molar-refractivity contribution >= 4 is 11.9 Å². The van der Waals surface area contributed by atoms with Crippen molar-refractivity contribution in [2.24, 2.45) is 5.92 Å². The van der Waals surface area contributed by atoms with Gasteiger partial charge in [0.05, 0.1) is 25.2 Å². The molecule has 3 aliphatic rings. The number of nitrogens with one attached hydrogen (secondary N) is 1. The summed E-state index contributed by atoms with van der Waals surface area (Å²) in [5, 5.41) is 14.8. The van der Waals surface area contributed by atoms with Gasteiger partial charge < -0.3 is 19.6 Å². The number of rotatable bonds is 9. The van der Waals surface area contributed by atoms with E-state index in [1.807, 2.05) is 43.3 Å². The lowest BCUT2D eigenvalue weighted by atomic mass is 9.82. The SMILES string of the molecule is Cc1ncccc1C(=O)NCCC[N+]12CCC(CC1)[C@@H](OC(=O)C(O)(c1ccccc1)c1ccccc1)C2. The Morgan fingerprint density at radius 3 is 2.24 bits per heavy atom. The molecule has 2 aromatic carbocycles. The zero-order valence-corrected chi connectivity index (χ0v) is 21.9. The maximum Gasteiger partial charge on any atom is 0.348 e. The molecule has 0 aliphatic carbocycles. The van der Waals surface area contributed by atoms with Crippen LogP contribution in [-0.2, 0) is 15.1 Å². The summed E-state index contributed by atoms with van der Waals surface area (Å²) in [7, 11) is 0. The van der Waals surface area contributed by atoms with Gasteiger partial charge in [-0.05, 0) is 30.2 Å². The van der Waals surface area contributed by atoms with Gasteiger partial charge in [0.1, 0.15) is 6.54 Å². The van der Waals surface area contributed by atoms with Gasteiger partial charge in [0.25, 0.3) is 5.91 Å². The Morgan fingerprint density at radius 1 is 1.00 bits per heavy atom. The summed E-state index contributed by atoms with van der Waals surface area (Å²) in [6.45, 7) is 6.18. The second-order valence-electron chi connectivity index (χ2n) is 10.7. The molecule has 38 heavy (non-hydrogen) atoms. The largest absolute Gasteiger partial charge is 0.453 e. The van der Waals surface area contributed by atoms with Gasteiger partial charge in [-0.2, -0.15) is 0 Å². The van der Waals surface area contributed by atoms with Crippen molar-refractivity contribution in [1.29, 1.82) is 0 Å². The lowest BCUT2D eigenvalue weighted by Gasteiger charge is -2.52. The minimum Gasteiger partial charge on any atom is -0.453 e. The van der Waals surface area contributed by atoms with E-state index in [0.717, 1.165) is 55.6 Å². The number of nitrogens with zero attached hydrogens (tertiary/aromatic N) is 2. The lowest BCUT2D eigenvalue weighted by Crippen LogP contribution is -2.65. The van der Waals surface area contributed by atoms with Gasteiger partial charge >= 0.3 is 5.97 Å². The van der Waals surface area contributed by atoms with Gasteiger partial charge in [-0.1, -0.05) is 60.7 Å². The first kappa shape index (κ1) is 26.1. The number of amides is 1. The molecule has 3 fully saturated rings. The third-order valence-corrected chi connectivity index (χ3v) is 8.32. The number of pyridine rings is 1. The van der Waals surface area contributed by atoms with Crippen LogP contribution < -0.4 is 5.32 Å². The highest BCUT2D eigenvalue weighted by Crippen LogP contribution is 2.38. The van der Waals surface area contributed by atoms with Crippen LogP contribution in [0.3, 0.4) is 0 Å². The van der Waals surface area contributed by atoms with E-state index >= 15 is 0 Å². The van der Waals surface area contributed by atoms with Crippen LogP contribution in [-0.4, -0.2) is 65.3 Å². The number of carbonyl (C=O) groups excluding carboxylic acids is 2. The van der Waals surface area contributed by atoms with Crippen LogP contribution in [0.25, 0.3) is 0 Å². The number of aliphatic hydroxyl groups is 1. The van der Waals surface area contributed by atoms with Crippen LogP contribution >= 0.6 is 0 Å². The number of benzene rings is 2. The number of quaternary nitrogens is 1. The van der Waals surface area contributed by atoms with E-state index in [1.54, 1.807) is 42.6 Å². The Hall–Kier alpha value is -3.55. The molecule has 0 unspecified atom stereocenters. The Morgan fingerprint density at radius 2 is 1.63 bits per heavy atom. The Kier molecular flexibility index (Phi) is 7.58. The molecule has 6 rings (SSSR count). The molecule has 1 aromatic heterocycles. The molecule has 0 radical (unpaired) electrons. The molecule has 198 valence electrons. The Balaban J connectivity index is 1.23. The van der Waals surface area contributed by atoms with Crippen molar-refractivity contribution < 1.29 is 23.9 Å². The standard InChI is InChI=1S/C31H35N3O4/c1-23-27(14-8-17-32-23)29(35)33-18-9-19-34-20-15-24(16-21-34)28(22-34)38-30(36)31(37,25-10-4-2-5-11-25)26-12-6-3-7-13-26/h2-8,10-14,17,24,28,37H,9,15-16,18-22H2,1H3/p+1/t24?,28-,34?/m0/s1. The van der Waals surface area contributed by atoms with E-state index in [9.17, 15) is 14.7 Å². The van der Waals surface area contributed by atoms with Crippen LogP contribution in [0.1, 0.15) is 46.4 Å². The molecule has 1 atom stereocenters. The number of ether oxygens (including phenoxy) is 1. The van der Waals surface area contributed by atoms with E-state index in [4.69, 9.17) is 4.74 Å². The number of carbonyl (C=O) groups is 2. The van der Waals surface area contributed by atoms with Crippen molar-refractivity contribution in [3.63, 3.8) is 0 Å². The molecule has 1 amide bonds. The number of fused-ring (bicyclic) bond motifs is 3. The quantitative estimate of drug-likeness (QED) is 0.259. The highest BCUT2D eigenvalue weighted by atomic mass is 16.6. The van der Waals surface area contributed by atoms with Crippen LogP contribution in [0.4, 0.5) is 0 Å². The fraction of sp³-hybridized carbons (Fsp3) is 0.387. The number of aromatic nitrogens is 1. The maximum atomic E-state index is 13.7. The van der Waals surface area contributed by atoms with Crippen molar-refractivity contribution in [1.82, 2.24) is 10.3 Å². The first-order valence-electron chi connectivity index (χ1n) is 13.5. The van der Waals surface area contributed by atoms with Gasteiger partial charge in [-0.3, -0.25) is 9.78 Å². The van der Waals surface area contributed by atoms with Gasteiger partial charge in [-0.15, -0.1) is 0 Å². The minimum absolute atomic E-state index is 0.0964. The molecule has 0 spiro atoms. The first-order chi connectivity index (χ1) is 18.4. The third kappa shape index (κ3) is 5.22. The Labute approximate surface area is 224 Å². The van der Waals surface area contributed by atoms with Crippen molar-refractivity contribution in [3.8, 4) is 0 Å². The van der Waals surface area contributed by atoms with Crippen LogP contribution in [0.15, 0.2) is 79.0 Å². The fourth-order valence-electron chi connectivity index (χ4n) is 6.09. The smallest absolute Gasteiger partial charge is 0.348 e. The predicted octanol–water partition coefficient (Wildman–Crippen LogP) is 3.60. The fourth-order valence-corrected chi connectivity index (χ4v) is 6.09. The van der Waals surface area contributed by atoms with Gasteiger partial charge in [-0.25, -0.2) is 4.79 Å². The summed E-state index contributed by atoms with van der Waals surface area (Å²) < 4.78 is 7.04. The highest BCUT2D eigenvalue weighted by molar-refractivity contribution is 5.95. The van der Waals surface area contributed by atoms with E-state index < -0.39 is 11.6 Å². The van der Waals surface area contributed by atoms with Crippen LogP contribution in [0.2, 0.25) is 0 Å². The summed E-state index contributed by atoms with van der Waals surface area (Å²) in [5.74, 6) is -0.408. The summed E-state index contributed by atoms with van der Waals surface area (Å²) >= 11 is 0. The molecular formula is C31H36N3O4+. The normalized spacial score (nSPS) is 22.6. The molecule has 0 saturated carbocycles. The number of hydrogen-bond acceptors (Lipinski definition) is 5. The third-order valence-electron chi connectivity index (χ3n) is 8.32. The zero-order valence-electron chi connectivity index (χ0n) is 21.9. The number of esters is 1. The van der Waals surface area contributed by atoms with Crippen molar-refractivity contribution in [3.05, 3.63) is 101 Å². The predicted molar refractivity (Wildman–Crippen MR) is 144 cm³/mol. The van der Waals surface area contributed by atoms with Gasteiger partial charge in [0, 0.05) is 43.6 Å². The molecular weight excluding hydrogens is 478 g/mol. The summed E-state index contributed by atoms with van der Waals surface area (Å²) in [4.78, 5) is 30.4. The molecule has 7 nitrogen and oxygen atoms in total. The second kappa shape index (κ2) is 11.1. The molecule has 3 saturated heterocycles. The van der Waals surface area contributed by atoms with Crippen LogP contribution in [0.5, 0.6) is 0 Å². The van der Waals surface area contributed by atoms with Gasteiger partial charge in [0.15, 0.2) is 6.10 Å². The van der Waals surface area contributed by atoms with Crippen LogP contribution in [0, 0.1) is 12.8 Å². The topological polar surface area (TPSA) is 88.5 Å². The molecule has 7 heteroatoms. The van der Waals surface area contributed by atoms with E-state index in [1.165, 1.54) is 0 Å². The monoisotopic (exact) mass is 514 g/mol. The molecule has 3 aliphatic heterocycles. The van der Waals surface area contributed by atoms with E-state index in [0.29, 0.717) is 29.2 Å². The second-order valence-corrected chi connectivity index (χ2v) is 10.7. The summed E-state index contributed by atoms with van der Waals surface area (Å²) in [6.07, 6.45) is 4.28. The maximum absolute atomic E-state index is 13.7.